The van der Waals surface area contributed by atoms with Crippen LogP contribution in [-0.4, -0.2) is 44.3 Å². The molecule has 0 radical (unpaired) electrons. The molecule has 3 rings (SSSR count). The van der Waals surface area contributed by atoms with Crippen LogP contribution < -0.4 is 9.62 Å². The Hall–Kier alpha value is -3.86. The van der Waals surface area contributed by atoms with Gasteiger partial charge in [-0.1, -0.05) is 61.0 Å². The maximum atomic E-state index is 13.8. The summed E-state index contributed by atoms with van der Waals surface area (Å²) in [4.78, 5) is 27.7. The summed E-state index contributed by atoms with van der Waals surface area (Å²) in [5, 5.41) is 2.74. The number of carbonyl (C=O) groups is 2. The number of benzene rings is 3. The van der Waals surface area contributed by atoms with E-state index in [1.54, 1.807) is 18.2 Å². The molecule has 0 unspecified atom stereocenters. The van der Waals surface area contributed by atoms with Gasteiger partial charge in [-0.3, -0.25) is 13.9 Å². The number of nitrogens with zero attached hydrogens (tertiary/aromatic N) is 2. The minimum absolute atomic E-state index is 0.0123. The van der Waals surface area contributed by atoms with Gasteiger partial charge in [-0.25, -0.2) is 8.42 Å². The average molecular weight is 576 g/mol. The van der Waals surface area contributed by atoms with E-state index in [9.17, 15) is 31.2 Å². The number of halogens is 3. The third-order valence-electron chi connectivity index (χ3n) is 6.26. The third kappa shape index (κ3) is 7.62. The first-order valence-corrected chi connectivity index (χ1v) is 14.2. The molecule has 0 heterocycles. The Morgan fingerprint density at radius 1 is 0.950 bits per heavy atom. The summed E-state index contributed by atoms with van der Waals surface area (Å²) in [6.45, 7) is 4.85. The molecule has 1 atom stereocenters. The maximum absolute atomic E-state index is 13.8. The number of hydrogen-bond acceptors (Lipinski definition) is 4. The highest BCUT2D eigenvalue weighted by molar-refractivity contribution is 7.92. The maximum Gasteiger partial charge on any atom is 0.416 e. The fourth-order valence-corrected chi connectivity index (χ4v) is 5.38. The van der Waals surface area contributed by atoms with Crippen LogP contribution in [0.3, 0.4) is 0 Å². The number of amides is 2. The van der Waals surface area contributed by atoms with E-state index in [-0.39, 0.29) is 17.1 Å². The molecule has 0 spiro atoms. The van der Waals surface area contributed by atoms with Crippen LogP contribution in [0.4, 0.5) is 18.9 Å². The second kappa shape index (κ2) is 13.0. The smallest absolute Gasteiger partial charge is 0.354 e. The normalized spacial score (nSPS) is 12.4. The molecule has 11 heteroatoms. The number of sulfonamides is 1. The van der Waals surface area contributed by atoms with Gasteiger partial charge in [0.05, 0.1) is 16.1 Å². The molecule has 214 valence electrons. The Labute approximate surface area is 232 Å². The van der Waals surface area contributed by atoms with Crippen molar-refractivity contribution in [2.75, 3.05) is 17.4 Å². The molecule has 2 amide bonds. The number of carbonyl (C=O) groups excluding carboxylic acids is 2. The van der Waals surface area contributed by atoms with Crippen LogP contribution in [-0.2, 0) is 32.3 Å². The zero-order valence-corrected chi connectivity index (χ0v) is 23.3. The van der Waals surface area contributed by atoms with Crippen LogP contribution >= 0.6 is 0 Å². The highest BCUT2D eigenvalue weighted by atomic mass is 32.2. The van der Waals surface area contributed by atoms with Crippen LogP contribution in [0.25, 0.3) is 0 Å². The van der Waals surface area contributed by atoms with Crippen molar-refractivity contribution in [2.24, 2.45) is 0 Å². The van der Waals surface area contributed by atoms with Crippen molar-refractivity contribution in [2.45, 2.75) is 50.9 Å². The van der Waals surface area contributed by atoms with E-state index in [1.165, 1.54) is 42.2 Å². The molecular weight excluding hydrogens is 543 g/mol. The Morgan fingerprint density at radius 2 is 1.60 bits per heavy atom. The van der Waals surface area contributed by atoms with Gasteiger partial charge >= 0.3 is 6.18 Å². The summed E-state index contributed by atoms with van der Waals surface area (Å²) < 4.78 is 68.6. The molecule has 0 aliphatic heterocycles. The molecule has 0 fully saturated rings. The Balaban J connectivity index is 2.06. The van der Waals surface area contributed by atoms with Gasteiger partial charge in [0, 0.05) is 13.1 Å². The zero-order valence-electron chi connectivity index (χ0n) is 22.5. The van der Waals surface area contributed by atoms with Gasteiger partial charge in [-0.05, 0) is 56.2 Å². The molecule has 40 heavy (non-hydrogen) atoms. The second-order valence-electron chi connectivity index (χ2n) is 9.35. The number of alkyl halides is 3. The van der Waals surface area contributed by atoms with Gasteiger partial charge in [-0.2, -0.15) is 13.2 Å². The number of nitrogens with one attached hydrogen (secondary N) is 1. The highest BCUT2D eigenvalue weighted by Gasteiger charge is 2.35. The lowest BCUT2D eigenvalue weighted by Gasteiger charge is -2.32. The summed E-state index contributed by atoms with van der Waals surface area (Å²) in [5.74, 6) is -1.18. The molecule has 0 saturated carbocycles. The largest absolute Gasteiger partial charge is 0.416 e. The van der Waals surface area contributed by atoms with Crippen LogP contribution in [0, 0.1) is 6.92 Å². The minimum atomic E-state index is -4.73. The second-order valence-corrected chi connectivity index (χ2v) is 11.2. The number of anilines is 1. The monoisotopic (exact) mass is 575 g/mol. The summed E-state index contributed by atoms with van der Waals surface area (Å²) in [6.07, 6.45) is -4.06. The van der Waals surface area contributed by atoms with E-state index < -0.39 is 46.2 Å². The molecule has 0 saturated heterocycles. The van der Waals surface area contributed by atoms with Gasteiger partial charge in [-0.15, -0.1) is 0 Å². The lowest BCUT2D eigenvalue weighted by atomic mass is 10.1. The fraction of sp³-hybridized carbons (Fsp3) is 0.310. The average Bonchev–Trinajstić information content (AvgIpc) is 2.93. The van der Waals surface area contributed by atoms with E-state index in [0.29, 0.717) is 28.9 Å². The first-order chi connectivity index (χ1) is 18.8. The first-order valence-electron chi connectivity index (χ1n) is 12.7. The lowest BCUT2D eigenvalue weighted by Crippen LogP contribution is -2.51. The van der Waals surface area contributed by atoms with Gasteiger partial charge in [0.25, 0.3) is 10.0 Å². The van der Waals surface area contributed by atoms with Gasteiger partial charge < -0.3 is 10.2 Å². The van der Waals surface area contributed by atoms with Crippen molar-refractivity contribution in [3.8, 4) is 0 Å². The number of aryl methyl sites for hydroxylation is 1. The fourth-order valence-electron chi connectivity index (χ4n) is 3.95. The van der Waals surface area contributed by atoms with Crippen LogP contribution in [0.2, 0.25) is 0 Å². The molecule has 0 aromatic heterocycles. The molecule has 7 nitrogen and oxygen atoms in total. The summed E-state index contributed by atoms with van der Waals surface area (Å²) >= 11 is 0. The van der Waals surface area contributed by atoms with Crippen molar-refractivity contribution < 1.29 is 31.2 Å². The summed E-state index contributed by atoms with van der Waals surface area (Å²) in [6, 6.07) is 17.2. The molecule has 0 bridgehead atoms. The third-order valence-corrected chi connectivity index (χ3v) is 8.05. The first kappa shape index (κ1) is 30.7. The van der Waals surface area contributed by atoms with Gasteiger partial charge in [0.15, 0.2) is 0 Å². The van der Waals surface area contributed by atoms with Crippen LogP contribution in [0.1, 0.15) is 37.0 Å². The van der Waals surface area contributed by atoms with Crippen molar-refractivity contribution in [3.63, 3.8) is 0 Å². The van der Waals surface area contributed by atoms with Crippen LogP contribution in [0.5, 0.6) is 0 Å². The van der Waals surface area contributed by atoms with Crippen molar-refractivity contribution in [1.29, 1.82) is 0 Å². The SMILES string of the molecule is CCCNC(=O)[C@H](C)N(Cc1ccc(C)cc1)C(=O)CN(c1cccc(C(F)(F)F)c1)S(=O)(=O)c1ccccc1. The summed E-state index contributed by atoms with van der Waals surface area (Å²) in [5.41, 5.74) is 0.297. The number of rotatable bonds is 11. The molecule has 0 aliphatic rings. The molecule has 0 aliphatic carbocycles. The van der Waals surface area contributed by atoms with E-state index in [2.05, 4.69) is 5.32 Å². The van der Waals surface area contributed by atoms with Gasteiger partial charge in [0.2, 0.25) is 11.8 Å². The van der Waals surface area contributed by atoms with E-state index in [1.807, 2.05) is 26.0 Å². The Bertz CT molecular complexity index is 1410. The molecule has 1 N–H and O–H groups in total. The topological polar surface area (TPSA) is 86.8 Å². The lowest BCUT2D eigenvalue weighted by molar-refractivity contribution is -0.139. The van der Waals surface area contributed by atoms with E-state index >= 15 is 0 Å². The Kier molecular flexibility index (Phi) is 9.97. The Morgan fingerprint density at radius 3 is 2.20 bits per heavy atom. The quantitative estimate of drug-likeness (QED) is 0.343. The van der Waals surface area contributed by atoms with Crippen molar-refractivity contribution in [3.05, 3.63) is 95.6 Å². The molecular formula is C29H32F3N3O4S. The predicted molar refractivity (Wildman–Crippen MR) is 147 cm³/mol. The van der Waals surface area contributed by atoms with E-state index in [0.717, 1.165) is 17.7 Å². The standard InChI is InChI=1S/C29H32F3N3O4S/c1-4-17-33-28(37)22(3)34(19-23-15-13-21(2)14-16-23)27(36)20-35(40(38,39)26-11-6-5-7-12-26)25-10-8-9-24(18-25)29(30,31)32/h5-16,18,22H,4,17,19-20H2,1-3H3,(H,33,37)/t22-/m0/s1. The minimum Gasteiger partial charge on any atom is -0.354 e. The van der Waals surface area contributed by atoms with Crippen molar-refractivity contribution in [1.82, 2.24) is 10.2 Å². The predicted octanol–water partition coefficient (Wildman–Crippen LogP) is 5.15. The van der Waals surface area contributed by atoms with Gasteiger partial charge in [0.1, 0.15) is 12.6 Å². The molecule has 3 aromatic rings. The zero-order chi connectivity index (χ0) is 29.5. The highest BCUT2D eigenvalue weighted by Crippen LogP contribution is 2.33. The van der Waals surface area contributed by atoms with E-state index in [4.69, 9.17) is 0 Å². The molecule has 3 aromatic carbocycles. The van der Waals surface area contributed by atoms with Crippen molar-refractivity contribution >= 4 is 27.5 Å². The number of hydrogen-bond donors (Lipinski definition) is 1. The summed E-state index contributed by atoms with van der Waals surface area (Å²) in [7, 11) is -4.47. The van der Waals surface area contributed by atoms with Crippen LogP contribution in [0.15, 0.2) is 83.8 Å².